The number of rotatable bonds is 6. The Balaban J connectivity index is 1.82. The summed E-state index contributed by atoms with van der Waals surface area (Å²) in [6.07, 6.45) is 9.49. The van der Waals surface area contributed by atoms with Gasteiger partial charge in [0.1, 0.15) is 10.7 Å². The molecule has 2 rings (SSSR count). The van der Waals surface area contributed by atoms with Crippen LogP contribution in [0.3, 0.4) is 0 Å². The highest BCUT2D eigenvalue weighted by Crippen LogP contribution is 2.20. The zero-order valence-electron chi connectivity index (χ0n) is 14.1. The van der Waals surface area contributed by atoms with Crippen LogP contribution in [0.1, 0.15) is 51.4 Å². The van der Waals surface area contributed by atoms with Crippen LogP contribution in [0, 0.1) is 0 Å². The molecule has 0 aliphatic heterocycles. The van der Waals surface area contributed by atoms with Crippen molar-refractivity contribution in [3.63, 3.8) is 0 Å². The maximum atomic E-state index is 12.3. The maximum absolute atomic E-state index is 12.3. The molecule has 1 aliphatic rings. The van der Waals surface area contributed by atoms with Crippen LogP contribution in [0.25, 0.3) is 0 Å². The molecule has 140 valence electrons. The summed E-state index contributed by atoms with van der Waals surface area (Å²) < 4.78 is 27.5. The van der Waals surface area contributed by atoms with Gasteiger partial charge in [0.15, 0.2) is 0 Å². The van der Waals surface area contributed by atoms with E-state index in [2.05, 4.69) is 31.0 Å². The second kappa shape index (κ2) is 9.49. The number of nitrogens with two attached hydrogens (primary N) is 1. The number of nitrogens with one attached hydrogen (secondary N) is 2. The molecular formula is C16H25BrN4O3S. The van der Waals surface area contributed by atoms with Gasteiger partial charge >= 0.3 is 0 Å². The van der Waals surface area contributed by atoms with E-state index in [1.165, 1.54) is 31.5 Å². The number of halogens is 1. The first-order chi connectivity index (χ1) is 11.9. The van der Waals surface area contributed by atoms with E-state index in [0.29, 0.717) is 4.47 Å². The molecule has 1 heterocycles. The lowest BCUT2D eigenvalue weighted by molar-refractivity contribution is -0.121. The molecule has 1 fully saturated rings. The molecule has 0 bridgehead atoms. The molecule has 1 aromatic heterocycles. The summed E-state index contributed by atoms with van der Waals surface area (Å²) in [6, 6.07) is 1.59. The van der Waals surface area contributed by atoms with Crippen LogP contribution < -0.4 is 15.8 Å². The van der Waals surface area contributed by atoms with E-state index >= 15 is 0 Å². The fourth-order valence-electron chi connectivity index (χ4n) is 2.92. The van der Waals surface area contributed by atoms with E-state index in [0.717, 1.165) is 25.7 Å². The minimum atomic E-state index is -3.80. The predicted octanol–water partition coefficient (Wildman–Crippen LogP) is 2.32. The number of carbonyl (C=O) groups is 1. The number of amides is 1. The third-order valence-electron chi connectivity index (χ3n) is 4.25. The number of sulfonamides is 1. The molecule has 25 heavy (non-hydrogen) atoms. The van der Waals surface area contributed by atoms with Crippen molar-refractivity contribution >= 4 is 37.7 Å². The van der Waals surface area contributed by atoms with Gasteiger partial charge in [0.05, 0.1) is 0 Å². The Labute approximate surface area is 157 Å². The van der Waals surface area contributed by atoms with E-state index in [-0.39, 0.29) is 35.6 Å². The standard InChI is InChI=1S/C16H25BrN4O3S/c17-12-10-14(16(18)19-11-12)25(23,24)20-9-8-15(22)21-13-6-4-2-1-3-5-7-13/h10-11,13,20H,1-9H2,(H2,18,19)(H,21,22). The first-order valence-electron chi connectivity index (χ1n) is 8.58. The number of hydrogen-bond acceptors (Lipinski definition) is 5. The second-order valence-corrected chi connectivity index (χ2v) is 8.95. The summed E-state index contributed by atoms with van der Waals surface area (Å²) in [5.41, 5.74) is 5.63. The molecule has 4 N–H and O–H groups in total. The minimum absolute atomic E-state index is 0.0207. The van der Waals surface area contributed by atoms with Crippen molar-refractivity contribution in [2.75, 3.05) is 12.3 Å². The summed E-state index contributed by atoms with van der Waals surface area (Å²) >= 11 is 3.17. The lowest BCUT2D eigenvalue weighted by atomic mass is 9.96. The van der Waals surface area contributed by atoms with Crippen molar-refractivity contribution in [2.45, 2.75) is 62.3 Å². The van der Waals surface area contributed by atoms with E-state index < -0.39 is 10.0 Å². The minimum Gasteiger partial charge on any atom is -0.383 e. The molecule has 0 aromatic carbocycles. The summed E-state index contributed by atoms with van der Waals surface area (Å²) in [5, 5.41) is 3.01. The van der Waals surface area contributed by atoms with Crippen LogP contribution in [-0.2, 0) is 14.8 Å². The fraction of sp³-hybridized carbons (Fsp3) is 0.625. The van der Waals surface area contributed by atoms with Crippen molar-refractivity contribution in [3.8, 4) is 0 Å². The van der Waals surface area contributed by atoms with Gasteiger partial charge in [-0.2, -0.15) is 0 Å². The highest BCUT2D eigenvalue weighted by Gasteiger charge is 2.19. The predicted molar refractivity (Wildman–Crippen MR) is 100 cm³/mol. The Hall–Kier alpha value is -1.19. The quantitative estimate of drug-likeness (QED) is 0.637. The van der Waals surface area contributed by atoms with Crippen LogP contribution >= 0.6 is 15.9 Å². The van der Waals surface area contributed by atoms with Crippen molar-refractivity contribution in [1.82, 2.24) is 15.0 Å². The normalized spacial score (nSPS) is 16.8. The molecule has 0 saturated heterocycles. The van der Waals surface area contributed by atoms with Crippen LogP contribution in [-0.4, -0.2) is 31.9 Å². The Morgan fingerprint density at radius 1 is 1.24 bits per heavy atom. The molecule has 0 unspecified atom stereocenters. The molecule has 1 amide bonds. The van der Waals surface area contributed by atoms with E-state index in [9.17, 15) is 13.2 Å². The molecule has 0 spiro atoms. The highest BCUT2D eigenvalue weighted by molar-refractivity contribution is 9.10. The van der Waals surface area contributed by atoms with Gasteiger partial charge in [0.2, 0.25) is 15.9 Å². The average Bonchev–Trinajstić information content (AvgIpc) is 2.52. The SMILES string of the molecule is Nc1ncc(Br)cc1S(=O)(=O)NCCC(=O)NC1CCCCCCC1. The number of nitrogen functional groups attached to an aromatic ring is 1. The second-order valence-electron chi connectivity index (χ2n) is 6.29. The number of hydrogen-bond donors (Lipinski definition) is 3. The maximum Gasteiger partial charge on any atom is 0.244 e. The molecule has 7 nitrogen and oxygen atoms in total. The zero-order valence-corrected chi connectivity index (χ0v) is 16.5. The fourth-order valence-corrected chi connectivity index (χ4v) is 4.54. The van der Waals surface area contributed by atoms with Crippen LogP contribution in [0.5, 0.6) is 0 Å². The molecular weight excluding hydrogens is 408 g/mol. The van der Waals surface area contributed by atoms with Crippen molar-refractivity contribution in [2.24, 2.45) is 0 Å². The number of anilines is 1. The first kappa shape index (κ1) is 20.1. The van der Waals surface area contributed by atoms with Gasteiger partial charge in [-0.1, -0.05) is 32.1 Å². The molecule has 0 atom stereocenters. The lowest BCUT2D eigenvalue weighted by Crippen LogP contribution is -2.37. The van der Waals surface area contributed by atoms with E-state index in [1.54, 1.807) is 0 Å². The van der Waals surface area contributed by atoms with Gasteiger partial charge in [-0.25, -0.2) is 18.1 Å². The topological polar surface area (TPSA) is 114 Å². The van der Waals surface area contributed by atoms with Gasteiger partial charge in [-0.15, -0.1) is 0 Å². The molecule has 0 radical (unpaired) electrons. The van der Waals surface area contributed by atoms with Crippen LogP contribution in [0.2, 0.25) is 0 Å². The number of pyridine rings is 1. The molecule has 1 aromatic rings. The van der Waals surface area contributed by atoms with Crippen LogP contribution in [0.15, 0.2) is 21.6 Å². The first-order valence-corrected chi connectivity index (χ1v) is 10.9. The Morgan fingerprint density at radius 3 is 2.56 bits per heavy atom. The molecule has 1 aliphatic carbocycles. The summed E-state index contributed by atoms with van der Waals surface area (Å²) in [6.45, 7) is 0.0207. The Bertz CT molecular complexity index is 689. The van der Waals surface area contributed by atoms with Gasteiger partial charge in [0, 0.05) is 29.7 Å². The van der Waals surface area contributed by atoms with Gasteiger partial charge in [-0.05, 0) is 34.8 Å². The van der Waals surface area contributed by atoms with Gasteiger partial charge < -0.3 is 11.1 Å². The average molecular weight is 433 g/mol. The largest absolute Gasteiger partial charge is 0.383 e. The van der Waals surface area contributed by atoms with E-state index in [4.69, 9.17) is 5.73 Å². The Morgan fingerprint density at radius 2 is 1.88 bits per heavy atom. The number of nitrogens with zero attached hydrogens (tertiary/aromatic N) is 1. The number of aromatic nitrogens is 1. The van der Waals surface area contributed by atoms with Gasteiger partial charge in [0.25, 0.3) is 0 Å². The Kier molecular flexibility index (Phi) is 7.64. The van der Waals surface area contributed by atoms with Gasteiger partial charge in [-0.3, -0.25) is 4.79 Å². The smallest absolute Gasteiger partial charge is 0.244 e. The molecule has 9 heteroatoms. The summed E-state index contributed by atoms with van der Waals surface area (Å²) in [4.78, 5) is 15.8. The third kappa shape index (κ3) is 6.56. The summed E-state index contributed by atoms with van der Waals surface area (Å²) in [7, 11) is -3.80. The zero-order chi connectivity index (χ0) is 18.3. The molecule has 1 saturated carbocycles. The van der Waals surface area contributed by atoms with Crippen molar-refractivity contribution < 1.29 is 13.2 Å². The van der Waals surface area contributed by atoms with Crippen molar-refractivity contribution in [1.29, 1.82) is 0 Å². The summed E-state index contributed by atoms with van der Waals surface area (Å²) in [5.74, 6) is -0.205. The lowest BCUT2D eigenvalue weighted by Gasteiger charge is -2.21. The van der Waals surface area contributed by atoms with Crippen molar-refractivity contribution in [3.05, 3.63) is 16.7 Å². The highest BCUT2D eigenvalue weighted by atomic mass is 79.9. The van der Waals surface area contributed by atoms with E-state index in [1.807, 2.05) is 0 Å². The number of carbonyl (C=O) groups excluding carboxylic acids is 1. The monoisotopic (exact) mass is 432 g/mol. The van der Waals surface area contributed by atoms with Crippen LogP contribution in [0.4, 0.5) is 5.82 Å². The third-order valence-corrected chi connectivity index (χ3v) is 6.18.